The Labute approximate surface area is 121 Å². The fraction of sp³-hybridized carbons (Fsp3) is 0.357. The number of hydrogen-bond acceptors (Lipinski definition) is 4. The number of rotatable bonds is 3. The number of carbonyl (C=O) groups is 2. The molecule has 4 N–H and O–H groups in total. The Balaban J connectivity index is 1.69. The smallest absolute Gasteiger partial charge is 0.272 e. The molecule has 2 aromatic rings. The largest absolute Gasteiger partial charge is 0.399 e. The number of aromatic nitrogens is 2. The second-order valence-electron chi connectivity index (χ2n) is 5.15. The number of likely N-dealkylation sites (tertiary alicyclic amines) is 1. The van der Waals surface area contributed by atoms with E-state index in [-0.39, 0.29) is 24.1 Å². The first-order chi connectivity index (χ1) is 10.1. The zero-order valence-corrected chi connectivity index (χ0v) is 11.6. The van der Waals surface area contributed by atoms with Gasteiger partial charge in [0.1, 0.15) is 0 Å². The molecule has 110 valence electrons. The average molecular weight is 287 g/mol. The van der Waals surface area contributed by atoms with Crippen LogP contribution in [0.15, 0.2) is 18.2 Å². The first-order valence-electron chi connectivity index (χ1n) is 6.95. The molecule has 1 fully saturated rings. The average Bonchev–Trinajstić information content (AvgIpc) is 3.13. The number of nitrogens with two attached hydrogens (primary N) is 1. The number of nitrogens with one attached hydrogen (secondary N) is 2. The van der Waals surface area contributed by atoms with Crippen LogP contribution in [0.4, 0.5) is 5.69 Å². The Morgan fingerprint density at radius 1 is 1.33 bits per heavy atom. The standard InChI is InChI=1S/C14H17N5O2/c15-9-3-4-11-10(7-9)13(18-17-11)14(21)16-8-12(20)19-5-1-2-6-19/h3-4,7H,1-2,5-6,8,15H2,(H,16,21)(H,17,18). The van der Waals surface area contributed by atoms with Gasteiger partial charge in [-0.3, -0.25) is 14.7 Å². The van der Waals surface area contributed by atoms with E-state index in [2.05, 4.69) is 15.5 Å². The van der Waals surface area contributed by atoms with Crippen molar-refractivity contribution in [2.24, 2.45) is 0 Å². The quantitative estimate of drug-likeness (QED) is 0.715. The highest BCUT2D eigenvalue weighted by Gasteiger charge is 2.20. The maximum Gasteiger partial charge on any atom is 0.272 e. The molecule has 1 aliphatic heterocycles. The van der Waals surface area contributed by atoms with Gasteiger partial charge in [-0.1, -0.05) is 0 Å². The number of fused-ring (bicyclic) bond motifs is 1. The van der Waals surface area contributed by atoms with E-state index in [1.54, 1.807) is 23.1 Å². The van der Waals surface area contributed by atoms with Crippen molar-refractivity contribution in [2.45, 2.75) is 12.8 Å². The van der Waals surface area contributed by atoms with E-state index in [9.17, 15) is 9.59 Å². The summed E-state index contributed by atoms with van der Waals surface area (Å²) in [5, 5.41) is 10.0. The fourth-order valence-corrected chi connectivity index (χ4v) is 2.52. The van der Waals surface area contributed by atoms with Crippen LogP contribution in [0.5, 0.6) is 0 Å². The van der Waals surface area contributed by atoms with Crippen molar-refractivity contribution in [3.8, 4) is 0 Å². The SMILES string of the molecule is Nc1ccc2[nH]nc(C(=O)NCC(=O)N3CCCC3)c2c1. The van der Waals surface area contributed by atoms with Crippen molar-refractivity contribution in [1.82, 2.24) is 20.4 Å². The summed E-state index contributed by atoms with van der Waals surface area (Å²) in [7, 11) is 0. The molecule has 0 unspecified atom stereocenters. The third kappa shape index (κ3) is 2.67. The summed E-state index contributed by atoms with van der Waals surface area (Å²) in [6.07, 6.45) is 2.06. The third-order valence-corrected chi connectivity index (χ3v) is 3.66. The van der Waals surface area contributed by atoms with Crippen LogP contribution in [-0.2, 0) is 4.79 Å². The van der Waals surface area contributed by atoms with Gasteiger partial charge in [-0.05, 0) is 31.0 Å². The van der Waals surface area contributed by atoms with Crippen molar-refractivity contribution in [2.75, 3.05) is 25.4 Å². The zero-order valence-electron chi connectivity index (χ0n) is 11.6. The van der Waals surface area contributed by atoms with Crippen molar-refractivity contribution >= 4 is 28.4 Å². The summed E-state index contributed by atoms with van der Waals surface area (Å²) in [6, 6.07) is 5.19. The Bertz CT molecular complexity index is 688. The summed E-state index contributed by atoms with van der Waals surface area (Å²) in [5.74, 6) is -0.431. The highest BCUT2D eigenvalue weighted by atomic mass is 16.2. The molecule has 7 heteroatoms. The highest BCUT2D eigenvalue weighted by molar-refractivity contribution is 6.06. The fourth-order valence-electron chi connectivity index (χ4n) is 2.52. The van der Waals surface area contributed by atoms with Crippen LogP contribution in [0.1, 0.15) is 23.3 Å². The van der Waals surface area contributed by atoms with Gasteiger partial charge in [-0.25, -0.2) is 0 Å². The maximum absolute atomic E-state index is 12.1. The number of benzene rings is 1. The van der Waals surface area contributed by atoms with E-state index >= 15 is 0 Å². The van der Waals surface area contributed by atoms with E-state index in [1.807, 2.05) is 0 Å². The Morgan fingerprint density at radius 2 is 2.10 bits per heavy atom. The normalized spacial score (nSPS) is 14.6. The van der Waals surface area contributed by atoms with Crippen molar-refractivity contribution in [3.05, 3.63) is 23.9 Å². The number of aromatic amines is 1. The molecule has 0 bridgehead atoms. The van der Waals surface area contributed by atoms with E-state index in [0.29, 0.717) is 11.1 Å². The summed E-state index contributed by atoms with van der Waals surface area (Å²) < 4.78 is 0. The molecule has 1 saturated heterocycles. The number of carbonyl (C=O) groups excluding carboxylic acids is 2. The molecule has 1 aromatic carbocycles. The van der Waals surface area contributed by atoms with Gasteiger partial charge in [0.2, 0.25) is 5.91 Å². The van der Waals surface area contributed by atoms with E-state index in [0.717, 1.165) is 31.4 Å². The molecule has 2 amide bonds. The maximum atomic E-state index is 12.1. The number of anilines is 1. The molecule has 0 atom stereocenters. The summed E-state index contributed by atoms with van der Waals surface area (Å²) in [4.78, 5) is 25.8. The lowest BCUT2D eigenvalue weighted by atomic mass is 10.2. The Morgan fingerprint density at radius 3 is 2.86 bits per heavy atom. The Hall–Kier alpha value is -2.57. The predicted molar refractivity (Wildman–Crippen MR) is 78.7 cm³/mol. The summed E-state index contributed by atoms with van der Waals surface area (Å²) in [6.45, 7) is 1.54. The van der Waals surface area contributed by atoms with Gasteiger partial charge in [-0.2, -0.15) is 5.10 Å². The van der Waals surface area contributed by atoms with Gasteiger partial charge in [0.05, 0.1) is 12.1 Å². The molecular weight excluding hydrogens is 270 g/mol. The van der Waals surface area contributed by atoms with Crippen molar-refractivity contribution in [1.29, 1.82) is 0 Å². The van der Waals surface area contributed by atoms with Gasteiger partial charge in [0.25, 0.3) is 5.91 Å². The molecule has 2 heterocycles. The van der Waals surface area contributed by atoms with Crippen molar-refractivity contribution in [3.63, 3.8) is 0 Å². The lowest BCUT2D eigenvalue weighted by Crippen LogP contribution is -2.38. The first-order valence-corrected chi connectivity index (χ1v) is 6.95. The van der Waals surface area contributed by atoms with Crippen molar-refractivity contribution < 1.29 is 9.59 Å². The molecule has 0 spiro atoms. The topological polar surface area (TPSA) is 104 Å². The molecule has 0 saturated carbocycles. The zero-order chi connectivity index (χ0) is 14.8. The molecule has 0 radical (unpaired) electrons. The monoisotopic (exact) mass is 287 g/mol. The van der Waals surface area contributed by atoms with Gasteiger partial charge >= 0.3 is 0 Å². The Kier molecular flexibility index (Phi) is 3.47. The number of nitrogen functional groups attached to an aromatic ring is 1. The summed E-state index contributed by atoms with van der Waals surface area (Å²) in [5.41, 5.74) is 7.28. The second kappa shape index (κ2) is 5.43. The molecule has 7 nitrogen and oxygen atoms in total. The van der Waals surface area contributed by atoms with E-state index in [4.69, 9.17) is 5.73 Å². The minimum atomic E-state index is -0.376. The van der Waals surface area contributed by atoms with Gasteiger partial charge < -0.3 is 16.0 Å². The van der Waals surface area contributed by atoms with Crippen LogP contribution in [0.25, 0.3) is 10.9 Å². The number of H-pyrrole nitrogens is 1. The second-order valence-corrected chi connectivity index (χ2v) is 5.15. The lowest BCUT2D eigenvalue weighted by Gasteiger charge is -2.15. The number of hydrogen-bond donors (Lipinski definition) is 3. The molecule has 21 heavy (non-hydrogen) atoms. The number of amides is 2. The number of nitrogens with zero attached hydrogens (tertiary/aromatic N) is 2. The van der Waals surface area contributed by atoms with Crippen LogP contribution in [0, 0.1) is 0 Å². The van der Waals surface area contributed by atoms with Crippen LogP contribution in [0.3, 0.4) is 0 Å². The highest BCUT2D eigenvalue weighted by Crippen LogP contribution is 2.18. The van der Waals surface area contributed by atoms with Gasteiger partial charge in [-0.15, -0.1) is 0 Å². The van der Waals surface area contributed by atoms with Gasteiger partial charge in [0.15, 0.2) is 5.69 Å². The van der Waals surface area contributed by atoms with Crippen LogP contribution >= 0.6 is 0 Å². The molecule has 1 aliphatic rings. The van der Waals surface area contributed by atoms with Crippen LogP contribution in [-0.4, -0.2) is 46.5 Å². The minimum Gasteiger partial charge on any atom is -0.399 e. The van der Waals surface area contributed by atoms with Crippen LogP contribution in [0.2, 0.25) is 0 Å². The molecule has 0 aliphatic carbocycles. The van der Waals surface area contributed by atoms with E-state index in [1.165, 1.54) is 0 Å². The van der Waals surface area contributed by atoms with Gasteiger partial charge in [0, 0.05) is 24.2 Å². The first kappa shape index (κ1) is 13.4. The molecular formula is C14H17N5O2. The third-order valence-electron chi connectivity index (χ3n) is 3.66. The predicted octanol–water partition coefficient (Wildman–Crippen LogP) is 0.497. The molecule has 1 aromatic heterocycles. The minimum absolute atomic E-state index is 0.00446. The lowest BCUT2D eigenvalue weighted by molar-refractivity contribution is -0.129. The van der Waals surface area contributed by atoms with Crippen LogP contribution < -0.4 is 11.1 Å². The molecule has 3 rings (SSSR count). The van der Waals surface area contributed by atoms with E-state index < -0.39 is 0 Å². The summed E-state index contributed by atoms with van der Waals surface area (Å²) >= 11 is 0.